The topological polar surface area (TPSA) is 38.7 Å². The SMILES string of the molecule is CCO[P+](O)(OCC)c1ccccc1F. The number of hydrogen-bond donors (Lipinski definition) is 1. The van der Waals surface area contributed by atoms with Crippen molar-refractivity contribution >= 4 is 13.2 Å². The van der Waals surface area contributed by atoms with Gasteiger partial charge in [-0.3, -0.25) is 0 Å². The average molecular weight is 233 g/mol. The molecule has 1 aromatic carbocycles. The molecule has 1 rings (SSSR count). The Morgan fingerprint density at radius 3 is 2.20 bits per heavy atom. The maximum atomic E-state index is 13.4. The van der Waals surface area contributed by atoms with Crippen LogP contribution in [-0.4, -0.2) is 18.1 Å². The first-order valence-electron chi connectivity index (χ1n) is 4.80. The van der Waals surface area contributed by atoms with Gasteiger partial charge in [0.05, 0.1) is 13.2 Å². The minimum atomic E-state index is -3.23. The Labute approximate surface area is 89.4 Å². The van der Waals surface area contributed by atoms with E-state index in [2.05, 4.69) is 0 Å². The van der Waals surface area contributed by atoms with Crippen molar-refractivity contribution in [3.63, 3.8) is 0 Å². The fourth-order valence-electron chi connectivity index (χ4n) is 1.21. The highest BCUT2D eigenvalue weighted by molar-refractivity contribution is 7.68. The van der Waals surface area contributed by atoms with Crippen LogP contribution in [0.15, 0.2) is 24.3 Å². The summed E-state index contributed by atoms with van der Waals surface area (Å²) >= 11 is 0. The monoisotopic (exact) mass is 233 g/mol. The third-order valence-corrected chi connectivity index (χ3v) is 3.95. The van der Waals surface area contributed by atoms with Crippen LogP contribution in [0.5, 0.6) is 0 Å². The first-order chi connectivity index (χ1) is 7.14. The molecule has 5 heteroatoms. The maximum absolute atomic E-state index is 13.4. The predicted molar refractivity (Wildman–Crippen MR) is 58.4 cm³/mol. The molecule has 84 valence electrons. The van der Waals surface area contributed by atoms with E-state index in [9.17, 15) is 9.28 Å². The molecule has 0 aliphatic heterocycles. The first-order valence-corrected chi connectivity index (χ1v) is 6.37. The molecule has 0 saturated heterocycles. The van der Waals surface area contributed by atoms with E-state index >= 15 is 0 Å². The number of rotatable bonds is 5. The van der Waals surface area contributed by atoms with E-state index in [0.717, 1.165) is 0 Å². The van der Waals surface area contributed by atoms with Crippen molar-refractivity contribution in [2.75, 3.05) is 13.2 Å². The van der Waals surface area contributed by atoms with Gasteiger partial charge in [0, 0.05) is 0 Å². The molecule has 1 aromatic rings. The molecule has 0 aliphatic rings. The summed E-state index contributed by atoms with van der Waals surface area (Å²) in [6.45, 7) is 4.01. The Hall–Kier alpha value is -0.540. The van der Waals surface area contributed by atoms with E-state index in [1.807, 2.05) is 0 Å². The predicted octanol–water partition coefficient (Wildman–Crippen LogP) is 2.28. The van der Waals surface area contributed by atoms with E-state index in [1.165, 1.54) is 12.1 Å². The maximum Gasteiger partial charge on any atom is 0.449 e. The summed E-state index contributed by atoms with van der Waals surface area (Å²) in [5.41, 5.74) is 0. The van der Waals surface area contributed by atoms with Crippen molar-refractivity contribution < 1.29 is 18.3 Å². The zero-order valence-corrected chi connectivity index (χ0v) is 9.71. The van der Waals surface area contributed by atoms with Crippen molar-refractivity contribution in [3.05, 3.63) is 30.1 Å². The third-order valence-electron chi connectivity index (χ3n) is 1.77. The van der Waals surface area contributed by atoms with Crippen LogP contribution in [0.2, 0.25) is 0 Å². The molecule has 0 aliphatic carbocycles. The lowest BCUT2D eigenvalue weighted by atomic mass is 10.3. The lowest BCUT2D eigenvalue weighted by Gasteiger charge is -2.15. The van der Waals surface area contributed by atoms with E-state index in [0.29, 0.717) is 0 Å². The second kappa shape index (κ2) is 5.52. The van der Waals surface area contributed by atoms with Crippen molar-refractivity contribution in [1.82, 2.24) is 0 Å². The van der Waals surface area contributed by atoms with Crippen LogP contribution in [0.4, 0.5) is 4.39 Å². The summed E-state index contributed by atoms with van der Waals surface area (Å²) in [6.07, 6.45) is 0. The highest BCUT2D eigenvalue weighted by Gasteiger charge is 2.45. The molecular formula is C10H15FO3P+. The summed E-state index contributed by atoms with van der Waals surface area (Å²) in [6, 6.07) is 5.95. The van der Waals surface area contributed by atoms with Gasteiger partial charge < -0.3 is 0 Å². The molecule has 15 heavy (non-hydrogen) atoms. The molecule has 0 bridgehead atoms. The Balaban J connectivity index is 3.03. The largest absolute Gasteiger partial charge is 0.449 e. The van der Waals surface area contributed by atoms with Gasteiger partial charge in [0.25, 0.3) is 0 Å². The van der Waals surface area contributed by atoms with Gasteiger partial charge in [-0.2, -0.15) is 13.9 Å². The fourth-order valence-corrected chi connectivity index (χ4v) is 2.88. The summed E-state index contributed by atoms with van der Waals surface area (Å²) in [7, 11) is -3.23. The van der Waals surface area contributed by atoms with Crippen molar-refractivity contribution in [2.45, 2.75) is 13.8 Å². The third kappa shape index (κ3) is 2.95. The standard InChI is InChI=1S/C10H15FO3P/c1-3-13-15(12,14-4-2)10-8-6-5-7-9(10)11/h5-8,12H,3-4H2,1-2H3/q+1. The fraction of sp³-hybridized carbons (Fsp3) is 0.400. The van der Waals surface area contributed by atoms with Gasteiger partial charge in [-0.15, -0.1) is 0 Å². The Morgan fingerprint density at radius 2 is 1.73 bits per heavy atom. The molecule has 0 fully saturated rings. The summed E-state index contributed by atoms with van der Waals surface area (Å²) < 4.78 is 23.7. The van der Waals surface area contributed by atoms with Gasteiger partial charge in [0.15, 0.2) is 5.82 Å². The van der Waals surface area contributed by atoms with Crippen LogP contribution in [0.25, 0.3) is 0 Å². The van der Waals surface area contributed by atoms with E-state index in [1.54, 1.807) is 26.0 Å². The summed E-state index contributed by atoms with van der Waals surface area (Å²) in [5.74, 6) is -0.504. The van der Waals surface area contributed by atoms with Crippen LogP contribution in [0.1, 0.15) is 13.8 Å². The second-order valence-corrected chi connectivity index (χ2v) is 4.85. The van der Waals surface area contributed by atoms with Gasteiger partial charge >= 0.3 is 7.94 Å². The van der Waals surface area contributed by atoms with Gasteiger partial charge in [-0.1, -0.05) is 12.1 Å². The van der Waals surface area contributed by atoms with E-state index in [-0.39, 0.29) is 18.5 Å². The molecule has 0 spiro atoms. The van der Waals surface area contributed by atoms with Crippen LogP contribution < -0.4 is 5.30 Å². The smallest absolute Gasteiger partial charge is 0.202 e. The quantitative estimate of drug-likeness (QED) is 0.793. The Morgan fingerprint density at radius 1 is 1.20 bits per heavy atom. The Kier molecular flexibility index (Phi) is 4.61. The van der Waals surface area contributed by atoms with Crippen molar-refractivity contribution in [2.24, 2.45) is 0 Å². The van der Waals surface area contributed by atoms with Crippen LogP contribution in [-0.2, 0) is 9.05 Å². The normalized spacial score (nSPS) is 11.7. The lowest BCUT2D eigenvalue weighted by Crippen LogP contribution is -2.19. The highest BCUT2D eigenvalue weighted by atomic mass is 31.2. The first kappa shape index (κ1) is 12.5. The minimum absolute atomic E-state index is 0.105. The molecule has 0 unspecified atom stereocenters. The van der Waals surface area contributed by atoms with E-state index in [4.69, 9.17) is 9.05 Å². The molecule has 0 atom stereocenters. The number of benzene rings is 1. The Bertz CT molecular complexity index is 313. The van der Waals surface area contributed by atoms with Crippen LogP contribution in [0, 0.1) is 5.82 Å². The summed E-state index contributed by atoms with van der Waals surface area (Å²) in [5, 5.41) is 0.105. The number of halogens is 1. The van der Waals surface area contributed by atoms with Crippen molar-refractivity contribution in [1.29, 1.82) is 0 Å². The molecule has 0 saturated carbocycles. The van der Waals surface area contributed by atoms with Gasteiger partial charge in [-0.25, -0.2) is 4.39 Å². The molecular weight excluding hydrogens is 218 g/mol. The summed E-state index contributed by atoms with van der Waals surface area (Å²) in [4.78, 5) is 10.1. The average Bonchev–Trinajstić information content (AvgIpc) is 2.19. The molecule has 0 amide bonds. The zero-order valence-electron chi connectivity index (χ0n) is 8.81. The zero-order chi connectivity index (χ0) is 11.3. The molecule has 1 N–H and O–H groups in total. The lowest BCUT2D eigenvalue weighted by molar-refractivity contribution is 0.200. The van der Waals surface area contributed by atoms with E-state index < -0.39 is 13.8 Å². The number of hydrogen-bond acceptors (Lipinski definition) is 3. The van der Waals surface area contributed by atoms with Gasteiger partial charge in [-0.05, 0) is 26.0 Å². The van der Waals surface area contributed by atoms with Crippen molar-refractivity contribution in [3.8, 4) is 0 Å². The highest BCUT2D eigenvalue weighted by Crippen LogP contribution is 2.55. The van der Waals surface area contributed by atoms with Gasteiger partial charge in [0.1, 0.15) is 0 Å². The molecule has 0 radical (unpaired) electrons. The minimum Gasteiger partial charge on any atom is -0.202 e. The molecule has 3 nitrogen and oxygen atoms in total. The molecule has 0 heterocycles. The van der Waals surface area contributed by atoms with Crippen LogP contribution >= 0.6 is 7.94 Å². The molecule has 0 aromatic heterocycles. The van der Waals surface area contributed by atoms with Gasteiger partial charge in [0.2, 0.25) is 5.30 Å². The second-order valence-electron chi connectivity index (χ2n) is 2.81. The van der Waals surface area contributed by atoms with Crippen LogP contribution in [0.3, 0.4) is 0 Å².